The Morgan fingerprint density at radius 2 is 2.18 bits per heavy atom. The second-order valence-corrected chi connectivity index (χ2v) is 3.32. The lowest BCUT2D eigenvalue weighted by molar-refractivity contribution is 0.100. The van der Waals surface area contributed by atoms with E-state index in [0.717, 1.165) is 0 Å². The number of carbonyl (C=O) groups excluding carboxylic acids is 2. The van der Waals surface area contributed by atoms with Crippen molar-refractivity contribution >= 4 is 17.6 Å². The molecule has 6 nitrogen and oxygen atoms in total. The minimum absolute atomic E-state index is 0.347. The highest BCUT2D eigenvalue weighted by molar-refractivity contribution is 5.95. The standard InChI is InChI=1S/C11H15N3O3/c1-17-6-5-13-11(16)14-9-4-2-3-8(7-9)10(12)15/h2-4,7H,5-6H2,1H3,(H2,12,15)(H2,13,14,16). The molecule has 0 saturated heterocycles. The van der Waals surface area contributed by atoms with E-state index in [0.29, 0.717) is 24.4 Å². The van der Waals surface area contributed by atoms with Crippen LogP contribution in [0, 0.1) is 0 Å². The van der Waals surface area contributed by atoms with Crippen LogP contribution in [0.2, 0.25) is 0 Å². The number of hydrogen-bond acceptors (Lipinski definition) is 3. The van der Waals surface area contributed by atoms with Crippen molar-refractivity contribution in [1.29, 1.82) is 0 Å². The number of hydrogen-bond donors (Lipinski definition) is 3. The number of nitrogens with one attached hydrogen (secondary N) is 2. The van der Waals surface area contributed by atoms with Crippen molar-refractivity contribution in [2.24, 2.45) is 5.73 Å². The summed E-state index contributed by atoms with van der Waals surface area (Å²) in [6, 6.07) is 6.05. The van der Waals surface area contributed by atoms with Gasteiger partial charge in [0.1, 0.15) is 0 Å². The van der Waals surface area contributed by atoms with Gasteiger partial charge >= 0.3 is 6.03 Å². The van der Waals surface area contributed by atoms with Gasteiger partial charge in [0.05, 0.1) is 6.61 Å². The molecule has 1 aromatic rings. The molecule has 3 amide bonds. The fourth-order valence-electron chi connectivity index (χ4n) is 1.19. The maximum Gasteiger partial charge on any atom is 0.319 e. The van der Waals surface area contributed by atoms with Crippen molar-refractivity contribution in [2.75, 3.05) is 25.6 Å². The number of primary amides is 1. The summed E-state index contributed by atoms with van der Waals surface area (Å²) in [6.45, 7) is 0.854. The van der Waals surface area contributed by atoms with Gasteiger partial charge < -0.3 is 21.1 Å². The summed E-state index contributed by atoms with van der Waals surface area (Å²) in [7, 11) is 1.55. The Morgan fingerprint density at radius 3 is 2.82 bits per heavy atom. The largest absolute Gasteiger partial charge is 0.383 e. The van der Waals surface area contributed by atoms with E-state index >= 15 is 0 Å². The van der Waals surface area contributed by atoms with E-state index in [1.807, 2.05) is 0 Å². The van der Waals surface area contributed by atoms with Gasteiger partial charge in [0.15, 0.2) is 0 Å². The van der Waals surface area contributed by atoms with Crippen LogP contribution in [0.4, 0.5) is 10.5 Å². The van der Waals surface area contributed by atoms with Gasteiger partial charge in [-0.1, -0.05) is 6.07 Å². The number of carbonyl (C=O) groups is 2. The molecule has 0 heterocycles. The summed E-state index contributed by atoms with van der Waals surface area (Å²) in [5.74, 6) is -0.534. The van der Waals surface area contributed by atoms with Crippen LogP contribution in [0.1, 0.15) is 10.4 Å². The van der Waals surface area contributed by atoms with Crippen LogP contribution < -0.4 is 16.4 Å². The quantitative estimate of drug-likeness (QED) is 0.653. The maximum absolute atomic E-state index is 11.4. The fraction of sp³-hybridized carbons (Fsp3) is 0.273. The van der Waals surface area contributed by atoms with Crippen LogP contribution in [-0.4, -0.2) is 32.2 Å². The van der Waals surface area contributed by atoms with Crippen molar-refractivity contribution in [2.45, 2.75) is 0 Å². The number of urea groups is 1. The maximum atomic E-state index is 11.4. The molecule has 4 N–H and O–H groups in total. The van der Waals surface area contributed by atoms with Gasteiger partial charge in [-0.25, -0.2) is 4.79 Å². The second kappa shape index (κ2) is 6.49. The molecule has 17 heavy (non-hydrogen) atoms. The normalized spacial score (nSPS) is 9.71. The fourth-order valence-corrected chi connectivity index (χ4v) is 1.19. The summed E-state index contributed by atoms with van der Waals surface area (Å²) < 4.78 is 4.79. The number of anilines is 1. The molecule has 0 aliphatic carbocycles. The highest BCUT2D eigenvalue weighted by atomic mass is 16.5. The molecule has 0 radical (unpaired) electrons. The molecule has 0 aromatic heterocycles. The Labute approximate surface area is 99.1 Å². The number of rotatable bonds is 5. The highest BCUT2D eigenvalue weighted by Gasteiger charge is 2.04. The molecule has 0 aliphatic heterocycles. The van der Waals surface area contributed by atoms with Crippen LogP contribution in [0.5, 0.6) is 0 Å². The summed E-state index contributed by atoms with van der Waals surface area (Å²) >= 11 is 0. The average Bonchev–Trinajstić information content (AvgIpc) is 2.29. The first kappa shape index (κ1) is 13.0. The molecular weight excluding hydrogens is 222 g/mol. The minimum Gasteiger partial charge on any atom is -0.383 e. The van der Waals surface area contributed by atoms with Crippen molar-refractivity contribution in [3.05, 3.63) is 29.8 Å². The van der Waals surface area contributed by atoms with E-state index < -0.39 is 5.91 Å². The molecule has 1 aromatic carbocycles. The number of ether oxygens (including phenoxy) is 1. The zero-order chi connectivity index (χ0) is 12.7. The predicted octanol–water partition coefficient (Wildman–Crippen LogP) is 0.553. The Morgan fingerprint density at radius 1 is 1.41 bits per heavy atom. The van der Waals surface area contributed by atoms with E-state index in [9.17, 15) is 9.59 Å². The molecule has 6 heteroatoms. The SMILES string of the molecule is COCCNC(=O)Nc1cccc(C(N)=O)c1. The summed E-state index contributed by atoms with van der Waals surface area (Å²) in [6.07, 6.45) is 0. The molecule has 92 valence electrons. The van der Waals surface area contributed by atoms with Gasteiger partial charge in [-0.3, -0.25) is 4.79 Å². The molecule has 0 atom stereocenters. The third kappa shape index (κ3) is 4.52. The van der Waals surface area contributed by atoms with Crippen LogP contribution in [0.15, 0.2) is 24.3 Å². The van der Waals surface area contributed by atoms with E-state index in [1.54, 1.807) is 25.3 Å². The second-order valence-electron chi connectivity index (χ2n) is 3.32. The molecule has 0 saturated carbocycles. The van der Waals surface area contributed by atoms with Crippen molar-refractivity contribution in [3.63, 3.8) is 0 Å². The van der Waals surface area contributed by atoms with Crippen LogP contribution in [0.3, 0.4) is 0 Å². The monoisotopic (exact) mass is 237 g/mol. The van der Waals surface area contributed by atoms with Gasteiger partial charge in [0.25, 0.3) is 0 Å². The molecule has 0 bridgehead atoms. The lowest BCUT2D eigenvalue weighted by Crippen LogP contribution is -2.31. The van der Waals surface area contributed by atoms with Crippen LogP contribution in [0.25, 0.3) is 0 Å². The van der Waals surface area contributed by atoms with Gasteiger partial charge in [-0.2, -0.15) is 0 Å². The van der Waals surface area contributed by atoms with E-state index in [2.05, 4.69) is 10.6 Å². The van der Waals surface area contributed by atoms with Gasteiger partial charge in [-0.05, 0) is 18.2 Å². The van der Waals surface area contributed by atoms with Gasteiger partial charge in [0.2, 0.25) is 5.91 Å². The third-order valence-corrected chi connectivity index (χ3v) is 2.00. The summed E-state index contributed by atoms with van der Waals surface area (Å²) in [4.78, 5) is 22.3. The lowest BCUT2D eigenvalue weighted by Gasteiger charge is -2.07. The molecule has 0 spiro atoms. The molecule has 0 aliphatic rings. The average molecular weight is 237 g/mol. The first-order valence-corrected chi connectivity index (χ1v) is 5.07. The number of amides is 3. The Kier molecular flexibility index (Phi) is 4.96. The summed E-state index contributed by atoms with van der Waals surface area (Å²) in [5.41, 5.74) is 5.99. The van der Waals surface area contributed by atoms with E-state index in [1.165, 1.54) is 6.07 Å². The van der Waals surface area contributed by atoms with Crippen LogP contribution >= 0.6 is 0 Å². The van der Waals surface area contributed by atoms with Crippen molar-refractivity contribution < 1.29 is 14.3 Å². The Hall–Kier alpha value is -2.08. The van der Waals surface area contributed by atoms with E-state index in [4.69, 9.17) is 10.5 Å². The number of benzene rings is 1. The molecule has 0 unspecified atom stereocenters. The molecular formula is C11H15N3O3. The lowest BCUT2D eigenvalue weighted by atomic mass is 10.2. The third-order valence-electron chi connectivity index (χ3n) is 2.00. The van der Waals surface area contributed by atoms with Gasteiger partial charge in [0, 0.05) is 24.9 Å². The number of methoxy groups -OCH3 is 1. The summed E-state index contributed by atoms with van der Waals surface area (Å²) in [5, 5.41) is 5.17. The van der Waals surface area contributed by atoms with Crippen molar-refractivity contribution in [1.82, 2.24) is 5.32 Å². The van der Waals surface area contributed by atoms with Crippen molar-refractivity contribution in [3.8, 4) is 0 Å². The predicted molar refractivity (Wildman–Crippen MR) is 63.9 cm³/mol. The first-order chi connectivity index (χ1) is 8.13. The highest BCUT2D eigenvalue weighted by Crippen LogP contribution is 2.09. The minimum atomic E-state index is -0.534. The zero-order valence-electron chi connectivity index (χ0n) is 9.53. The smallest absolute Gasteiger partial charge is 0.319 e. The molecule has 1 rings (SSSR count). The van der Waals surface area contributed by atoms with Gasteiger partial charge in [-0.15, -0.1) is 0 Å². The Balaban J connectivity index is 2.53. The first-order valence-electron chi connectivity index (χ1n) is 5.07. The Bertz CT molecular complexity index is 407. The van der Waals surface area contributed by atoms with E-state index in [-0.39, 0.29) is 6.03 Å². The van der Waals surface area contributed by atoms with Crippen LogP contribution in [-0.2, 0) is 4.74 Å². The molecule has 0 fully saturated rings. The number of nitrogens with two attached hydrogens (primary N) is 1. The topological polar surface area (TPSA) is 93.4 Å². The zero-order valence-corrected chi connectivity index (χ0v) is 9.53.